The molecule has 1 N–H and O–H groups in total. The molecular weight excluding hydrogens is 420 g/mol. The van der Waals surface area contributed by atoms with Crippen LogP contribution in [0, 0.1) is 0 Å². The molecule has 0 saturated carbocycles. The molecule has 9 heteroatoms. The zero-order valence-corrected chi connectivity index (χ0v) is 17.4. The summed E-state index contributed by atoms with van der Waals surface area (Å²) in [5.41, 5.74) is -1.22. The highest BCUT2D eigenvalue weighted by molar-refractivity contribution is 6.30. The van der Waals surface area contributed by atoms with Crippen LogP contribution in [0.4, 0.5) is 5.69 Å². The number of halogens is 1. The third kappa shape index (κ3) is 3.36. The molecule has 0 bridgehead atoms. The summed E-state index contributed by atoms with van der Waals surface area (Å²) in [4.78, 5) is 43.1. The first-order valence-corrected chi connectivity index (χ1v) is 9.62. The molecule has 0 aliphatic carbocycles. The number of aromatic nitrogens is 3. The predicted molar refractivity (Wildman–Crippen MR) is 120 cm³/mol. The summed E-state index contributed by atoms with van der Waals surface area (Å²) in [5.74, 6) is -0.541. The standard InChI is InChI=1S/C22H17ClN4O4/c1-25-19-17(21(30)26(2)22(25)31)18(28)16(12-24-14-10-8-13(23)9-11-14)20(29)27(19)15-6-4-3-5-7-15/h3-12,28H,1-2H3. The first-order chi connectivity index (χ1) is 14.8. The van der Waals surface area contributed by atoms with Gasteiger partial charge in [0.25, 0.3) is 11.1 Å². The summed E-state index contributed by atoms with van der Waals surface area (Å²) < 4.78 is 3.26. The highest BCUT2D eigenvalue weighted by Crippen LogP contribution is 2.24. The van der Waals surface area contributed by atoms with Crippen LogP contribution in [0.25, 0.3) is 16.7 Å². The van der Waals surface area contributed by atoms with E-state index in [-0.39, 0.29) is 16.6 Å². The number of benzene rings is 2. The third-order valence-corrected chi connectivity index (χ3v) is 5.21. The van der Waals surface area contributed by atoms with Crippen molar-refractivity contribution >= 4 is 34.5 Å². The van der Waals surface area contributed by atoms with Crippen LogP contribution in [0.1, 0.15) is 5.56 Å². The first-order valence-electron chi connectivity index (χ1n) is 9.24. The van der Waals surface area contributed by atoms with Crippen molar-refractivity contribution in [2.45, 2.75) is 0 Å². The van der Waals surface area contributed by atoms with E-state index < -0.39 is 22.6 Å². The second kappa shape index (κ2) is 7.73. The van der Waals surface area contributed by atoms with Crippen molar-refractivity contribution in [1.29, 1.82) is 0 Å². The Morgan fingerprint density at radius 2 is 1.55 bits per heavy atom. The van der Waals surface area contributed by atoms with Gasteiger partial charge in [0.1, 0.15) is 22.3 Å². The fraction of sp³-hybridized carbons (Fsp3) is 0.0909. The molecule has 0 atom stereocenters. The minimum absolute atomic E-state index is 0.00885. The second-order valence-electron chi connectivity index (χ2n) is 6.88. The lowest BCUT2D eigenvalue weighted by Gasteiger charge is -2.16. The molecule has 0 spiro atoms. The Bertz CT molecular complexity index is 1510. The third-order valence-electron chi connectivity index (χ3n) is 4.95. The van der Waals surface area contributed by atoms with Crippen molar-refractivity contribution in [3.63, 3.8) is 0 Å². The normalized spacial score (nSPS) is 11.5. The van der Waals surface area contributed by atoms with Gasteiger partial charge in [-0.1, -0.05) is 29.8 Å². The van der Waals surface area contributed by atoms with Crippen molar-refractivity contribution in [3.05, 3.63) is 96.4 Å². The molecule has 0 aliphatic heterocycles. The van der Waals surface area contributed by atoms with Gasteiger partial charge < -0.3 is 5.11 Å². The summed E-state index contributed by atoms with van der Waals surface area (Å²) in [6.45, 7) is 0. The highest BCUT2D eigenvalue weighted by atomic mass is 35.5. The average molecular weight is 437 g/mol. The van der Waals surface area contributed by atoms with E-state index in [0.29, 0.717) is 16.4 Å². The number of hydrogen-bond acceptors (Lipinski definition) is 5. The molecule has 0 unspecified atom stereocenters. The Morgan fingerprint density at radius 1 is 0.903 bits per heavy atom. The Morgan fingerprint density at radius 3 is 2.19 bits per heavy atom. The van der Waals surface area contributed by atoms with Crippen LogP contribution in [0.5, 0.6) is 5.75 Å². The van der Waals surface area contributed by atoms with E-state index in [0.717, 1.165) is 9.13 Å². The summed E-state index contributed by atoms with van der Waals surface area (Å²) in [6.07, 6.45) is 1.20. The summed E-state index contributed by atoms with van der Waals surface area (Å²) in [5, 5.41) is 11.3. The molecule has 2 aromatic carbocycles. The van der Waals surface area contributed by atoms with Crippen LogP contribution in [0.2, 0.25) is 5.02 Å². The average Bonchev–Trinajstić information content (AvgIpc) is 2.77. The van der Waals surface area contributed by atoms with Gasteiger partial charge in [-0.2, -0.15) is 0 Å². The quantitative estimate of drug-likeness (QED) is 0.499. The van der Waals surface area contributed by atoms with Gasteiger partial charge in [-0.05, 0) is 36.4 Å². The zero-order valence-electron chi connectivity index (χ0n) is 16.6. The molecule has 2 heterocycles. The minimum Gasteiger partial charge on any atom is -0.506 e. The fourth-order valence-electron chi connectivity index (χ4n) is 3.35. The van der Waals surface area contributed by atoms with Crippen LogP contribution < -0.4 is 16.8 Å². The van der Waals surface area contributed by atoms with Gasteiger partial charge in [-0.15, -0.1) is 0 Å². The molecule has 0 aliphatic rings. The predicted octanol–water partition coefficient (Wildman–Crippen LogP) is 2.50. The lowest BCUT2D eigenvalue weighted by Crippen LogP contribution is -2.40. The lowest BCUT2D eigenvalue weighted by atomic mass is 10.1. The topological polar surface area (TPSA) is 98.6 Å². The first kappa shape index (κ1) is 20.4. The van der Waals surface area contributed by atoms with Gasteiger partial charge in [0.15, 0.2) is 0 Å². The smallest absolute Gasteiger partial charge is 0.332 e. The van der Waals surface area contributed by atoms with Gasteiger partial charge in [0, 0.05) is 25.3 Å². The van der Waals surface area contributed by atoms with Crippen LogP contribution >= 0.6 is 11.6 Å². The molecule has 4 aromatic rings. The molecule has 4 rings (SSSR count). The van der Waals surface area contributed by atoms with Crippen molar-refractivity contribution in [1.82, 2.24) is 13.7 Å². The Kier molecular flexibility index (Phi) is 5.08. The van der Waals surface area contributed by atoms with Gasteiger partial charge >= 0.3 is 5.69 Å². The van der Waals surface area contributed by atoms with Crippen molar-refractivity contribution in [3.8, 4) is 11.4 Å². The number of aliphatic imine (C=N–C) groups is 1. The number of fused-ring (bicyclic) bond motifs is 1. The molecule has 2 aromatic heterocycles. The van der Waals surface area contributed by atoms with Gasteiger partial charge in [-0.3, -0.25) is 28.3 Å². The van der Waals surface area contributed by atoms with Crippen molar-refractivity contribution in [2.75, 3.05) is 0 Å². The zero-order chi connectivity index (χ0) is 22.3. The summed E-state index contributed by atoms with van der Waals surface area (Å²) in [6, 6.07) is 15.1. The molecule has 0 radical (unpaired) electrons. The monoisotopic (exact) mass is 436 g/mol. The largest absolute Gasteiger partial charge is 0.506 e. The lowest BCUT2D eigenvalue weighted by molar-refractivity contribution is 0.477. The second-order valence-corrected chi connectivity index (χ2v) is 7.31. The van der Waals surface area contributed by atoms with E-state index in [1.807, 2.05) is 0 Å². The molecule has 0 amide bonds. The summed E-state index contributed by atoms with van der Waals surface area (Å²) in [7, 11) is 2.74. The highest BCUT2D eigenvalue weighted by Gasteiger charge is 2.22. The van der Waals surface area contributed by atoms with E-state index in [9.17, 15) is 19.5 Å². The molecular formula is C22H17ClN4O4. The number of rotatable bonds is 3. The minimum atomic E-state index is -0.721. The molecule has 0 fully saturated rings. The molecule has 8 nitrogen and oxygen atoms in total. The van der Waals surface area contributed by atoms with Gasteiger partial charge in [-0.25, -0.2) is 4.79 Å². The van der Waals surface area contributed by atoms with E-state index in [2.05, 4.69) is 4.99 Å². The maximum Gasteiger partial charge on any atom is 0.332 e. The number of aromatic hydroxyl groups is 1. The Hall–Kier alpha value is -3.91. The number of pyridine rings is 1. The summed E-state index contributed by atoms with van der Waals surface area (Å²) >= 11 is 5.88. The number of para-hydroxylation sites is 1. The Labute approximate surface area is 180 Å². The van der Waals surface area contributed by atoms with Crippen molar-refractivity contribution < 1.29 is 5.11 Å². The van der Waals surface area contributed by atoms with Gasteiger partial charge in [0.05, 0.1) is 11.4 Å². The molecule has 0 saturated heterocycles. The van der Waals surface area contributed by atoms with Crippen LogP contribution in [0.15, 0.2) is 74.0 Å². The van der Waals surface area contributed by atoms with Gasteiger partial charge in [0.2, 0.25) is 0 Å². The number of nitrogens with zero attached hydrogens (tertiary/aromatic N) is 4. The van der Waals surface area contributed by atoms with E-state index >= 15 is 0 Å². The molecule has 31 heavy (non-hydrogen) atoms. The molecule has 156 valence electrons. The number of aryl methyl sites for hydroxylation is 1. The SMILES string of the molecule is Cn1c(=O)c2c(O)c(C=Nc3ccc(Cl)cc3)c(=O)n(-c3ccccc3)c2n(C)c1=O. The number of hydrogen-bond donors (Lipinski definition) is 1. The maximum absolute atomic E-state index is 13.4. The van der Waals surface area contributed by atoms with E-state index in [1.54, 1.807) is 54.6 Å². The van der Waals surface area contributed by atoms with Crippen LogP contribution in [0.3, 0.4) is 0 Å². The maximum atomic E-state index is 13.4. The van der Waals surface area contributed by atoms with E-state index in [1.165, 1.54) is 24.9 Å². The fourth-order valence-corrected chi connectivity index (χ4v) is 3.48. The van der Waals surface area contributed by atoms with Crippen LogP contribution in [-0.2, 0) is 14.1 Å². The van der Waals surface area contributed by atoms with Crippen LogP contribution in [-0.4, -0.2) is 25.0 Å². The Balaban J connectivity index is 2.14. The van der Waals surface area contributed by atoms with E-state index in [4.69, 9.17) is 11.6 Å². The van der Waals surface area contributed by atoms with Crippen molar-refractivity contribution in [2.24, 2.45) is 19.1 Å².